The van der Waals surface area contributed by atoms with E-state index in [0.29, 0.717) is 5.58 Å². The zero-order valence-corrected chi connectivity index (χ0v) is 15.0. The molecule has 1 aliphatic heterocycles. The predicted octanol–water partition coefficient (Wildman–Crippen LogP) is 4.26. The fourth-order valence-corrected chi connectivity index (χ4v) is 4.90. The molecule has 0 aliphatic carbocycles. The van der Waals surface area contributed by atoms with Gasteiger partial charge in [-0.1, -0.05) is 12.1 Å². The van der Waals surface area contributed by atoms with Crippen LogP contribution in [0.4, 0.5) is 0 Å². The highest BCUT2D eigenvalue weighted by Gasteiger charge is 2.25. The second-order valence-corrected chi connectivity index (χ2v) is 8.49. The molecule has 0 radical (unpaired) electrons. The number of piperidine rings is 1. The summed E-state index contributed by atoms with van der Waals surface area (Å²) in [6.07, 6.45) is 2.12. The molecule has 120 valence electrons. The Labute approximate surface area is 146 Å². The molecular formula is C17H17BrN2O2S. The Morgan fingerprint density at radius 3 is 2.96 bits per heavy atom. The number of hydrogen-bond acceptors (Lipinski definition) is 4. The summed E-state index contributed by atoms with van der Waals surface area (Å²) in [6, 6.07) is 12.1. The van der Waals surface area contributed by atoms with Gasteiger partial charge in [0, 0.05) is 18.0 Å². The van der Waals surface area contributed by atoms with Crippen molar-refractivity contribution in [2.45, 2.75) is 25.4 Å². The fraction of sp³-hybridized carbons (Fsp3) is 0.353. The molecule has 4 rings (SSSR count). The molecule has 4 nitrogen and oxygen atoms in total. The first-order valence-electron chi connectivity index (χ1n) is 7.77. The van der Waals surface area contributed by atoms with Crippen molar-refractivity contribution in [3.05, 3.63) is 55.6 Å². The van der Waals surface area contributed by atoms with Gasteiger partial charge in [-0.15, -0.1) is 11.3 Å². The third-order valence-electron chi connectivity index (χ3n) is 4.37. The quantitative estimate of drug-likeness (QED) is 0.668. The normalized spacial score (nSPS) is 19.4. The third kappa shape index (κ3) is 3.03. The minimum absolute atomic E-state index is 0.184. The molecule has 1 atom stereocenters. The van der Waals surface area contributed by atoms with Crippen molar-refractivity contribution < 1.29 is 4.42 Å². The first kappa shape index (κ1) is 15.2. The summed E-state index contributed by atoms with van der Waals surface area (Å²) < 4.78 is 8.40. The zero-order valence-electron chi connectivity index (χ0n) is 12.6. The van der Waals surface area contributed by atoms with Gasteiger partial charge in [0.1, 0.15) is 0 Å². The van der Waals surface area contributed by atoms with E-state index in [1.165, 1.54) is 4.88 Å². The molecule has 6 heteroatoms. The molecule has 0 amide bonds. The van der Waals surface area contributed by atoms with E-state index in [4.69, 9.17) is 4.42 Å². The van der Waals surface area contributed by atoms with Gasteiger partial charge in [-0.25, -0.2) is 4.79 Å². The summed E-state index contributed by atoms with van der Waals surface area (Å²) in [5.74, 6) is -0.239. The maximum atomic E-state index is 12.3. The van der Waals surface area contributed by atoms with E-state index in [1.807, 2.05) is 28.8 Å². The highest BCUT2D eigenvalue weighted by molar-refractivity contribution is 9.11. The molecule has 1 aromatic carbocycles. The summed E-state index contributed by atoms with van der Waals surface area (Å²) in [5.41, 5.74) is 1.58. The molecule has 0 saturated carbocycles. The standard InChI is InChI=1S/C17H17BrN2O2S/c18-16-8-7-13(23-16)11-19-9-3-4-12(10-19)20-14-5-1-2-6-15(14)22-17(20)21/h1-2,5-8,12H,3-4,9-11H2. The first-order valence-corrected chi connectivity index (χ1v) is 9.38. The number of aromatic nitrogens is 1. The van der Waals surface area contributed by atoms with Gasteiger partial charge in [-0.3, -0.25) is 9.47 Å². The van der Waals surface area contributed by atoms with Crippen molar-refractivity contribution in [3.8, 4) is 0 Å². The van der Waals surface area contributed by atoms with Crippen LogP contribution in [0.3, 0.4) is 0 Å². The largest absolute Gasteiger partial charge is 0.420 e. The van der Waals surface area contributed by atoms with Gasteiger partial charge in [0.25, 0.3) is 0 Å². The second-order valence-electron chi connectivity index (χ2n) is 5.94. The monoisotopic (exact) mass is 392 g/mol. The fourth-order valence-electron chi connectivity index (χ4n) is 3.37. The predicted molar refractivity (Wildman–Crippen MR) is 96.0 cm³/mol. The molecule has 1 unspecified atom stereocenters. The first-order chi connectivity index (χ1) is 11.2. The summed E-state index contributed by atoms with van der Waals surface area (Å²) in [5, 5.41) is 0. The topological polar surface area (TPSA) is 38.4 Å². The number of thiophene rings is 1. The lowest BCUT2D eigenvalue weighted by molar-refractivity contribution is 0.169. The molecule has 3 heterocycles. The van der Waals surface area contributed by atoms with Crippen molar-refractivity contribution in [3.63, 3.8) is 0 Å². The number of fused-ring (bicyclic) bond motifs is 1. The maximum Gasteiger partial charge on any atom is 0.420 e. The van der Waals surface area contributed by atoms with Crippen LogP contribution in [0.25, 0.3) is 11.1 Å². The number of rotatable bonds is 3. The number of hydrogen-bond donors (Lipinski definition) is 0. The SMILES string of the molecule is O=c1oc2ccccc2n1C1CCCN(Cc2ccc(Br)s2)C1. The lowest BCUT2D eigenvalue weighted by atomic mass is 10.1. The molecule has 1 aliphatic rings. The van der Waals surface area contributed by atoms with Gasteiger partial charge in [-0.2, -0.15) is 0 Å². The van der Waals surface area contributed by atoms with E-state index in [1.54, 1.807) is 11.3 Å². The number of oxazole rings is 1. The zero-order chi connectivity index (χ0) is 15.8. The lowest BCUT2D eigenvalue weighted by Crippen LogP contribution is -2.38. The third-order valence-corrected chi connectivity index (χ3v) is 5.98. The molecule has 0 N–H and O–H groups in total. The van der Waals surface area contributed by atoms with Crippen LogP contribution < -0.4 is 5.76 Å². The summed E-state index contributed by atoms with van der Waals surface area (Å²) in [6.45, 7) is 2.91. The van der Waals surface area contributed by atoms with Crippen LogP contribution in [0.5, 0.6) is 0 Å². The highest BCUT2D eigenvalue weighted by Crippen LogP contribution is 2.28. The average Bonchev–Trinajstić information content (AvgIpc) is 3.09. The Morgan fingerprint density at radius 2 is 2.13 bits per heavy atom. The molecule has 2 aromatic heterocycles. The Balaban J connectivity index is 1.59. The number of likely N-dealkylation sites (tertiary alicyclic amines) is 1. The van der Waals surface area contributed by atoms with Crippen LogP contribution in [0.1, 0.15) is 23.8 Å². The Bertz CT molecular complexity index is 882. The number of benzene rings is 1. The van der Waals surface area contributed by atoms with E-state index in [-0.39, 0.29) is 11.8 Å². The molecule has 0 spiro atoms. The van der Waals surface area contributed by atoms with Crippen LogP contribution in [0.2, 0.25) is 0 Å². The van der Waals surface area contributed by atoms with Gasteiger partial charge in [0.2, 0.25) is 0 Å². The van der Waals surface area contributed by atoms with E-state index in [9.17, 15) is 4.79 Å². The van der Waals surface area contributed by atoms with E-state index in [0.717, 1.165) is 41.8 Å². The number of para-hydroxylation sites is 2. The van der Waals surface area contributed by atoms with Crippen molar-refractivity contribution in [1.82, 2.24) is 9.47 Å². The van der Waals surface area contributed by atoms with E-state index in [2.05, 4.69) is 33.0 Å². The minimum Gasteiger partial charge on any atom is -0.408 e. The van der Waals surface area contributed by atoms with Gasteiger partial charge in [-0.05, 0) is 59.6 Å². The van der Waals surface area contributed by atoms with Crippen molar-refractivity contribution in [2.24, 2.45) is 0 Å². The van der Waals surface area contributed by atoms with Crippen LogP contribution in [0, 0.1) is 0 Å². The van der Waals surface area contributed by atoms with E-state index < -0.39 is 0 Å². The van der Waals surface area contributed by atoms with Crippen molar-refractivity contribution in [2.75, 3.05) is 13.1 Å². The minimum atomic E-state index is -0.239. The molecule has 3 aromatic rings. The van der Waals surface area contributed by atoms with E-state index >= 15 is 0 Å². The molecule has 1 fully saturated rings. The van der Waals surface area contributed by atoms with Crippen molar-refractivity contribution in [1.29, 1.82) is 0 Å². The van der Waals surface area contributed by atoms with Gasteiger partial charge >= 0.3 is 5.76 Å². The van der Waals surface area contributed by atoms with Crippen LogP contribution in [-0.2, 0) is 6.54 Å². The Hall–Kier alpha value is -1.37. The molecule has 0 bridgehead atoms. The second kappa shape index (κ2) is 6.26. The smallest absolute Gasteiger partial charge is 0.408 e. The number of halogens is 1. The summed E-state index contributed by atoms with van der Waals surface area (Å²) in [4.78, 5) is 16.1. The Morgan fingerprint density at radius 1 is 1.26 bits per heavy atom. The van der Waals surface area contributed by atoms with Crippen LogP contribution in [0.15, 0.2) is 49.4 Å². The van der Waals surface area contributed by atoms with Gasteiger partial charge < -0.3 is 4.42 Å². The summed E-state index contributed by atoms with van der Waals surface area (Å²) >= 11 is 5.29. The molecular weight excluding hydrogens is 376 g/mol. The highest BCUT2D eigenvalue weighted by atomic mass is 79.9. The van der Waals surface area contributed by atoms with Gasteiger partial charge in [0.05, 0.1) is 15.3 Å². The maximum absolute atomic E-state index is 12.3. The average molecular weight is 393 g/mol. The van der Waals surface area contributed by atoms with Gasteiger partial charge in [0.15, 0.2) is 5.58 Å². The lowest BCUT2D eigenvalue weighted by Gasteiger charge is -2.32. The number of nitrogens with zero attached hydrogens (tertiary/aromatic N) is 2. The van der Waals surface area contributed by atoms with Crippen LogP contribution in [-0.4, -0.2) is 22.6 Å². The van der Waals surface area contributed by atoms with Crippen LogP contribution >= 0.6 is 27.3 Å². The summed E-state index contributed by atoms with van der Waals surface area (Å²) in [7, 11) is 0. The molecule has 23 heavy (non-hydrogen) atoms. The Kier molecular flexibility index (Phi) is 4.13. The van der Waals surface area contributed by atoms with Crippen molar-refractivity contribution >= 4 is 38.4 Å². The molecule has 1 saturated heterocycles.